The first-order chi connectivity index (χ1) is 16.7. The van der Waals surface area contributed by atoms with Gasteiger partial charge in [-0.2, -0.15) is 5.10 Å². The Labute approximate surface area is 196 Å². The molecule has 6 heteroatoms. The number of carbonyl (C=O) groups excluding carboxylic acids is 1. The summed E-state index contributed by atoms with van der Waals surface area (Å²) in [7, 11) is 0. The normalized spacial score (nSPS) is 14.4. The number of aryl methyl sites for hydroxylation is 1. The van der Waals surface area contributed by atoms with Crippen molar-refractivity contribution in [1.82, 2.24) is 9.55 Å². The molecule has 2 aromatic heterocycles. The lowest BCUT2D eigenvalue weighted by Gasteiger charge is -2.09. The first kappa shape index (κ1) is 20.1. The molecule has 1 amide bonds. The number of benzene rings is 3. The zero-order valence-corrected chi connectivity index (χ0v) is 18.6. The summed E-state index contributed by atoms with van der Waals surface area (Å²) >= 11 is 0. The highest BCUT2D eigenvalue weighted by molar-refractivity contribution is 6.53. The van der Waals surface area contributed by atoms with E-state index in [1.54, 1.807) is 6.21 Å². The van der Waals surface area contributed by atoms with Crippen LogP contribution in [-0.2, 0) is 11.3 Å². The minimum Gasteiger partial charge on any atom is -0.334 e. The first-order valence-corrected chi connectivity index (χ1v) is 11.1. The van der Waals surface area contributed by atoms with Gasteiger partial charge in [0.05, 0.1) is 28.8 Å². The second-order valence-electron chi connectivity index (χ2n) is 8.31. The van der Waals surface area contributed by atoms with Gasteiger partial charge in [-0.15, -0.1) is 5.10 Å². The molecule has 1 N–H and O–H groups in total. The smallest absolute Gasteiger partial charge is 0.276 e. The lowest BCUT2D eigenvalue weighted by molar-refractivity contribution is -0.110. The molecule has 1 aliphatic heterocycles. The predicted molar refractivity (Wildman–Crippen MR) is 137 cm³/mol. The number of nitrogens with one attached hydrogen (secondary N) is 1. The Kier molecular flexibility index (Phi) is 4.77. The lowest BCUT2D eigenvalue weighted by Crippen LogP contribution is -2.13. The second-order valence-corrected chi connectivity index (χ2v) is 8.31. The fourth-order valence-corrected chi connectivity index (χ4v) is 4.64. The number of pyridine rings is 1. The van der Waals surface area contributed by atoms with E-state index in [-0.39, 0.29) is 5.91 Å². The van der Waals surface area contributed by atoms with Crippen molar-refractivity contribution in [1.29, 1.82) is 0 Å². The average Bonchev–Trinajstić information content (AvgIpc) is 3.35. The summed E-state index contributed by atoms with van der Waals surface area (Å²) < 4.78 is 2.32. The van der Waals surface area contributed by atoms with Crippen LogP contribution in [0.25, 0.3) is 21.8 Å². The van der Waals surface area contributed by atoms with Gasteiger partial charge in [-0.25, -0.2) is 4.98 Å². The van der Waals surface area contributed by atoms with E-state index in [0.29, 0.717) is 11.4 Å². The number of nitrogens with zero attached hydrogens (tertiary/aromatic N) is 4. The van der Waals surface area contributed by atoms with Gasteiger partial charge < -0.3 is 9.88 Å². The highest BCUT2D eigenvalue weighted by Gasteiger charge is 2.25. The zero-order chi connectivity index (χ0) is 23.1. The van der Waals surface area contributed by atoms with Gasteiger partial charge in [0.2, 0.25) is 0 Å². The van der Waals surface area contributed by atoms with E-state index in [2.05, 4.69) is 68.6 Å². The van der Waals surface area contributed by atoms with Gasteiger partial charge in [0.1, 0.15) is 0 Å². The van der Waals surface area contributed by atoms with Crippen molar-refractivity contribution in [2.45, 2.75) is 13.5 Å². The van der Waals surface area contributed by atoms with Gasteiger partial charge in [-0.1, -0.05) is 66.7 Å². The molecule has 164 valence electrons. The molecule has 6 rings (SSSR count). The van der Waals surface area contributed by atoms with Crippen LogP contribution >= 0.6 is 0 Å². The number of para-hydroxylation sites is 2. The van der Waals surface area contributed by atoms with E-state index in [1.807, 2.05) is 43.3 Å². The molecule has 0 atom stereocenters. The highest BCUT2D eigenvalue weighted by Crippen LogP contribution is 2.31. The summed E-state index contributed by atoms with van der Waals surface area (Å²) in [6.45, 7) is 2.79. The van der Waals surface area contributed by atoms with Crippen molar-refractivity contribution >= 4 is 45.3 Å². The van der Waals surface area contributed by atoms with Gasteiger partial charge in [-0.3, -0.25) is 4.79 Å². The fourth-order valence-electron chi connectivity index (χ4n) is 4.64. The van der Waals surface area contributed by atoms with E-state index in [1.165, 1.54) is 16.5 Å². The van der Waals surface area contributed by atoms with Crippen LogP contribution in [0.1, 0.15) is 22.5 Å². The molecular weight excluding hydrogens is 422 g/mol. The summed E-state index contributed by atoms with van der Waals surface area (Å²) in [4.78, 5) is 17.1. The molecule has 0 radical (unpaired) electrons. The maximum atomic E-state index is 12.3. The van der Waals surface area contributed by atoms with Gasteiger partial charge in [0, 0.05) is 28.4 Å². The molecule has 0 saturated heterocycles. The molecule has 3 aromatic carbocycles. The molecular formula is C28H21N5O. The van der Waals surface area contributed by atoms with Crippen LogP contribution in [0.4, 0.5) is 5.69 Å². The Balaban J connectivity index is 1.42. The Morgan fingerprint density at radius 2 is 1.71 bits per heavy atom. The molecule has 0 fully saturated rings. The Morgan fingerprint density at radius 1 is 0.941 bits per heavy atom. The van der Waals surface area contributed by atoms with Crippen molar-refractivity contribution < 1.29 is 4.79 Å². The number of carbonyl (C=O) groups is 1. The monoisotopic (exact) mass is 443 g/mol. The summed E-state index contributed by atoms with van der Waals surface area (Å²) in [5, 5.41) is 13.5. The van der Waals surface area contributed by atoms with Crippen molar-refractivity contribution in [3.8, 4) is 0 Å². The summed E-state index contributed by atoms with van der Waals surface area (Å²) in [6.07, 6.45) is 1.61. The molecule has 0 spiro atoms. The Bertz CT molecular complexity index is 1630. The maximum Gasteiger partial charge on any atom is 0.276 e. The quantitative estimate of drug-likeness (QED) is 0.302. The van der Waals surface area contributed by atoms with Crippen LogP contribution in [0.15, 0.2) is 95.1 Å². The second kappa shape index (κ2) is 8.08. The van der Waals surface area contributed by atoms with Crippen molar-refractivity contribution in [2.24, 2.45) is 10.2 Å². The van der Waals surface area contributed by atoms with Gasteiger partial charge in [0.15, 0.2) is 5.71 Å². The van der Waals surface area contributed by atoms with Gasteiger partial charge in [0.25, 0.3) is 5.91 Å². The number of amides is 1. The van der Waals surface area contributed by atoms with Gasteiger partial charge in [-0.05, 0) is 30.7 Å². The molecule has 1 aliphatic rings. The predicted octanol–water partition coefficient (Wildman–Crippen LogP) is 5.32. The number of hydrogen-bond acceptors (Lipinski definition) is 4. The van der Waals surface area contributed by atoms with E-state index in [0.717, 1.165) is 34.4 Å². The van der Waals surface area contributed by atoms with E-state index >= 15 is 0 Å². The fraction of sp³-hybridized carbons (Fsp3) is 0.0714. The lowest BCUT2D eigenvalue weighted by atomic mass is 10.1. The largest absolute Gasteiger partial charge is 0.334 e. The van der Waals surface area contributed by atoms with Crippen LogP contribution in [0.2, 0.25) is 0 Å². The summed E-state index contributed by atoms with van der Waals surface area (Å²) in [5.41, 5.74) is 6.95. The highest BCUT2D eigenvalue weighted by atomic mass is 16.2. The third kappa shape index (κ3) is 3.36. The SMILES string of the molecule is Cc1nc(C=NN=C2C(=O)Nc3ccccc32)cc2c3ccccc3n(Cc3ccccc3)c12. The van der Waals surface area contributed by atoms with Gasteiger partial charge >= 0.3 is 0 Å². The summed E-state index contributed by atoms with van der Waals surface area (Å²) in [5.74, 6) is -0.248. The standard InChI is InChI=1S/C28H21N5O/c1-18-27-23(21-11-6-8-14-25(21)33(27)17-19-9-3-2-4-10-19)15-20(30-18)16-29-32-26-22-12-5-7-13-24(22)31-28(26)34/h2-16H,17H2,1H3,(H,31,32,34). The van der Waals surface area contributed by atoms with E-state index in [4.69, 9.17) is 4.98 Å². The molecule has 0 bridgehead atoms. The Morgan fingerprint density at radius 3 is 2.59 bits per heavy atom. The minimum absolute atomic E-state index is 0.248. The van der Waals surface area contributed by atoms with Crippen LogP contribution < -0.4 is 5.32 Å². The molecule has 6 nitrogen and oxygen atoms in total. The molecule has 0 unspecified atom stereocenters. The minimum atomic E-state index is -0.248. The number of rotatable bonds is 4. The number of fused-ring (bicyclic) bond motifs is 4. The third-order valence-corrected chi connectivity index (χ3v) is 6.12. The van der Waals surface area contributed by atoms with Crippen LogP contribution in [0.3, 0.4) is 0 Å². The summed E-state index contributed by atoms with van der Waals surface area (Å²) in [6, 6.07) is 28.3. The van der Waals surface area contributed by atoms with Crippen LogP contribution in [0, 0.1) is 6.92 Å². The zero-order valence-electron chi connectivity index (χ0n) is 18.6. The molecule has 5 aromatic rings. The number of hydrogen-bond donors (Lipinski definition) is 1. The maximum absolute atomic E-state index is 12.3. The Hall–Kier alpha value is -4.58. The molecule has 3 heterocycles. The molecule has 0 aliphatic carbocycles. The van der Waals surface area contributed by atoms with Crippen molar-refractivity contribution in [2.75, 3.05) is 5.32 Å². The van der Waals surface area contributed by atoms with E-state index in [9.17, 15) is 4.79 Å². The van der Waals surface area contributed by atoms with E-state index < -0.39 is 0 Å². The van der Waals surface area contributed by atoms with Crippen LogP contribution in [-0.4, -0.2) is 27.4 Å². The van der Waals surface area contributed by atoms with Crippen LogP contribution in [0.5, 0.6) is 0 Å². The first-order valence-electron chi connectivity index (χ1n) is 11.1. The third-order valence-electron chi connectivity index (χ3n) is 6.12. The number of aromatic nitrogens is 2. The van der Waals surface area contributed by atoms with Crippen molar-refractivity contribution in [3.63, 3.8) is 0 Å². The van der Waals surface area contributed by atoms with Crippen molar-refractivity contribution in [3.05, 3.63) is 107 Å². The topological polar surface area (TPSA) is 71.6 Å². The average molecular weight is 444 g/mol. The molecule has 34 heavy (non-hydrogen) atoms. The molecule has 0 saturated carbocycles. The number of anilines is 1.